The zero-order valence-electron chi connectivity index (χ0n) is 10.4. The van der Waals surface area contributed by atoms with E-state index in [-0.39, 0.29) is 17.1 Å². The lowest BCUT2D eigenvalue weighted by atomic mass is 10.1. The molecule has 108 valence electrons. The van der Waals surface area contributed by atoms with Crippen LogP contribution in [0.2, 0.25) is 5.02 Å². The first-order chi connectivity index (χ1) is 8.54. The Bertz CT molecular complexity index is 474. The van der Waals surface area contributed by atoms with Crippen LogP contribution in [0.4, 0.5) is 34.6 Å². The highest BCUT2D eigenvalue weighted by molar-refractivity contribution is 6.33. The lowest BCUT2D eigenvalue weighted by molar-refractivity contribution is -0.120. The van der Waals surface area contributed by atoms with Gasteiger partial charge in [0.15, 0.2) is 5.82 Å². The second-order valence-electron chi connectivity index (χ2n) is 4.37. The van der Waals surface area contributed by atoms with E-state index >= 15 is 0 Å². The largest absolute Gasteiger partial charge is 0.405 e. The average molecular weight is 300 g/mol. The third kappa shape index (κ3) is 3.56. The highest BCUT2D eigenvalue weighted by Crippen LogP contribution is 2.38. The summed E-state index contributed by atoms with van der Waals surface area (Å²) in [7, 11) is 0. The number of rotatable bonds is 3. The fourth-order valence-electron chi connectivity index (χ4n) is 1.66. The molecule has 0 unspecified atom stereocenters. The number of hydrogen-bond acceptors (Lipinski definition) is 3. The standard InChI is InChI=1S/C11H14ClF4N3/c1-5(2)19(4-11(14,15)16)10-7(18)3-6(17)8(12)9(10)13/h3,5H,4,17-18H2,1-2H3. The van der Waals surface area contributed by atoms with E-state index in [0.717, 1.165) is 11.0 Å². The second-order valence-corrected chi connectivity index (χ2v) is 4.75. The van der Waals surface area contributed by atoms with Gasteiger partial charge in [0.25, 0.3) is 0 Å². The van der Waals surface area contributed by atoms with Crippen LogP contribution in [0.15, 0.2) is 6.07 Å². The molecule has 1 aromatic rings. The maximum Gasteiger partial charge on any atom is 0.405 e. The minimum absolute atomic E-state index is 0.115. The number of anilines is 3. The number of halogens is 5. The van der Waals surface area contributed by atoms with Crippen molar-refractivity contribution in [2.45, 2.75) is 26.1 Å². The Morgan fingerprint density at radius 3 is 2.21 bits per heavy atom. The molecule has 0 saturated carbocycles. The normalized spacial score (nSPS) is 12.0. The van der Waals surface area contributed by atoms with E-state index in [4.69, 9.17) is 23.1 Å². The van der Waals surface area contributed by atoms with Crippen LogP contribution in [0.5, 0.6) is 0 Å². The van der Waals surface area contributed by atoms with E-state index in [1.807, 2.05) is 0 Å². The first kappa shape index (κ1) is 15.7. The molecule has 0 aliphatic heterocycles. The Morgan fingerprint density at radius 1 is 1.26 bits per heavy atom. The van der Waals surface area contributed by atoms with Crippen molar-refractivity contribution in [3.8, 4) is 0 Å². The number of alkyl halides is 3. The summed E-state index contributed by atoms with van der Waals surface area (Å²) in [4.78, 5) is 0.802. The van der Waals surface area contributed by atoms with Gasteiger partial charge in [-0.25, -0.2) is 4.39 Å². The topological polar surface area (TPSA) is 55.3 Å². The molecule has 8 heteroatoms. The number of nitrogens with zero attached hydrogens (tertiary/aromatic N) is 1. The van der Waals surface area contributed by atoms with Gasteiger partial charge in [0.05, 0.1) is 17.1 Å². The molecule has 1 aromatic carbocycles. The van der Waals surface area contributed by atoms with Crippen molar-refractivity contribution < 1.29 is 17.6 Å². The number of benzene rings is 1. The third-order valence-electron chi connectivity index (χ3n) is 2.50. The zero-order chi connectivity index (χ0) is 15.0. The van der Waals surface area contributed by atoms with Crippen molar-refractivity contribution in [3.63, 3.8) is 0 Å². The average Bonchev–Trinajstić information content (AvgIpc) is 2.23. The second kappa shape index (κ2) is 5.32. The minimum atomic E-state index is -4.49. The molecule has 19 heavy (non-hydrogen) atoms. The van der Waals surface area contributed by atoms with Crippen molar-refractivity contribution in [2.75, 3.05) is 22.9 Å². The van der Waals surface area contributed by atoms with E-state index in [1.165, 1.54) is 13.8 Å². The molecular formula is C11H14ClF4N3. The lowest BCUT2D eigenvalue weighted by Crippen LogP contribution is -2.40. The van der Waals surface area contributed by atoms with Gasteiger partial charge >= 0.3 is 6.18 Å². The van der Waals surface area contributed by atoms with Gasteiger partial charge in [-0.2, -0.15) is 13.2 Å². The highest BCUT2D eigenvalue weighted by atomic mass is 35.5. The van der Waals surface area contributed by atoms with Crippen molar-refractivity contribution in [2.24, 2.45) is 0 Å². The van der Waals surface area contributed by atoms with Crippen LogP contribution in [0, 0.1) is 5.82 Å². The van der Waals surface area contributed by atoms with Crippen LogP contribution >= 0.6 is 11.6 Å². The summed E-state index contributed by atoms with van der Waals surface area (Å²) in [5.74, 6) is -1.04. The summed E-state index contributed by atoms with van der Waals surface area (Å²) >= 11 is 5.61. The van der Waals surface area contributed by atoms with Crippen molar-refractivity contribution in [3.05, 3.63) is 16.9 Å². The molecule has 3 nitrogen and oxygen atoms in total. The smallest absolute Gasteiger partial charge is 0.397 e. The van der Waals surface area contributed by atoms with Gasteiger partial charge in [-0.05, 0) is 19.9 Å². The summed E-state index contributed by atoms with van der Waals surface area (Å²) in [5.41, 5.74) is 10.3. The van der Waals surface area contributed by atoms with E-state index in [2.05, 4.69) is 0 Å². The van der Waals surface area contributed by atoms with Gasteiger partial charge in [-0.3, -0.25) is 0 Å². The first-order valence-corrected chi connectivity index (χ1v) is 5.78. The van der Waals surface area contributed by atoms with Gasteiger partial charge in [0, 0.05) is 6.04 Å². The third-order valence-corrected chi connectivity index (χ3v) is 2.88. The van der Waals surface area contributed by atoms with E-state index in [9.17, 15) is 17.6 Å². The van der Waals surface area contributed by atoms with Crippen LogP contribution in [-0.2, 0) is 0 Å². The molecule has 0 amide bonds. The van der Waals surface area contributed by atoms with E-state index < -0.39 is 29.6 Å². The van der Waals surface area contributed by atoms with Crippen molar-refractivity contribution >= 4 is 28.7 Å². The number of nitrogens with two attached hydrogens (primary N) is 2. The predicted molar refractivity (Wildman–Crippen MR) is 68.8 cm³/mol. The van der Waals surface area contributed by atoms with Gasteiger partial charge in [0.1, 0.15) is 11.6 Å². The van der Waals surface area contributed by atoms with Crippen LogP contribution in [0.3, 0.4) is 0 Å². The molecule has 0 aromatic heterocycles. The van der Waals surface area contributed by atoms with Crippen LogP contribution in [0.25, 0.3) is 0 Å². The molecule has 0 bridgehead atoms. The van der Waals surface area contributed by atoms with E-state index in [0.29, 0.717) is 0 Å². The molecule has 0 saturated heterocycles. The summed E-state index contributed by atoms with van der Waals surface area (Å²) in [6, 6.07) is 0.532. The van der Waals surface area contributed by atoms with Gasteiger partial charge in [-0.15, -0.1) is 0 Å². The highest BCUT2D eigenvalue weighted by Gasteiger charge is 2.34. The molecule has 0 spiro atoms. The molecular weight excluding hydrogens is 286 g/mol. The summed E-state index contributed by atoms with van der Waals surface area (Å²) < 4.78 is 51.6. The van der Waals surface area contributed by atoms with Crippen molar-refractivity contribution in [1.82, 2.24) is 0 Å². The Hall–Kier alpha value is -1.37. The van der Waals surface area contributed by atoms with Crippen LogP contribution in [0.1, 0.15) is 13.8 Å². The molecule has 1 rings (SSSR count). The monoisotopic (exact) mass is 299 g/mol. The fourth-order valence-corrected chi connectivity index (χ4v) is 1.81. The zero-order valence-corrected chi connectivity index (χ0v) is 11.1. The summed E-state index contributed by atoms with van der Waals surface area (Å²) in [6.45, 7) is 1.66. The Kier molecular flexibility index (Phi) is 4.39. The fraction of sp³-hybridized carbons (Fsp3) is 0.455. The Morgan fingerprint density at radius 2 is 1.79 bits per heavy atom. The Balaban J connectivity index is 3.35. The summed E-state index contributed by atoms with van der Waals surface area (Å²) in [5, 5.41) is -0.433. The van der Waals surface area contributed by atoms with E-state index in [1.54, 1.807) is 0 Å². The molecule has 0 aliphatic carbocycles. The molecule has 0 heterocycles. The SMILES string of the molecule is CC(C)N(CC(F)(F)F)c1c(N)cc(N)c(Cl)c1F. The molecule has 0 fully saturated rings. The van der Waals surface area contributed by atoms with Crippen LogP contribution in [-0.4, -0.2) is 18.8 Å². The molecule has 0 radical (unpaired) electrons. The number of nitrogen functional groups attached to an aromatic ring is 2. The maximum absolute atomic E-state index is 14.0. The quantitative estimate of drug-likeness (QED) is 0.664. The number of hydrogen-bond donors (Lipinski definition) is 2. The van der Waals surface area contributed by atoms with Gasteiger partial charge < -0.3 is 16.4 Å². The first-order valence-electron chi connectivity index (χ1n) is 5.41. The maximum atomic E-state index is 14.0. The minimum Gasteiger partial charge on any atom is -0.397 e. The van der Waals surface area contributed by atoms with Crippen molar-refractivity contribution in [1.29, 1.82) is 0 Å². The molecule has 4 N–H and O–H groups in total. The van der Waals surface area contributed by atoms with Gasteiger partial charge in [0.2, 0.25) is 0 Å². The lowest BCUT2D eigenvalue weighted by Gasteiger charge is -2.31. The Labute approximate surface area is 113 Å². The molecule has 0 atom stereocenters. The van der Waals surface area contributed by atoms with Gasteiger partial charge in [-0.1, -0.05) is 11.6 Å². The summed E-state index contributed by atoms with van der Waals surface area (Å²) in [6.07, 6.45) is -4.49. The van der Waals surface area contributed by atoms with Crippen LogP contribution < -0.4 is 16.4 Å². The molecule has 0 aliphatic rings. The predicted octanol–water partition coefficient (Wildman–Crippen LogP) is 3.42.